The summed E-state index contributed by atoms with van der Waals surface area (Å²) in [5.41, 5.74) is 1.15. The molecule has 0 atom stereocenters. The number of carbonyl (C=O) groups is 4. The highest BCUT2D eigenvalue weighted by molar-refractivity contribution is 5.94. The van der Waals surface area contributed by atoms with Crippen LogP contribution < -0.4 is 18.9 Å². The summed E-state index contributed by atoms with van der Waals surface area (Å²) in [5.74, 6) is 0.474. The van der Waals surface area contributed by atoms with E-state index in [-0.39, 0.29) is 75.1 Å². The van der Waals surface area contributed by atoms with E-state index in [1.54, 1.807) is 48.5 Å². The zero-order chi connectivity index (χ0) is 50.5. The second-order valence-corrected chi connectivity index (χ2v) is 14.9. The lowest BCUT2D eigenvalue weighted by Gasteiger charge is -2.10. The Morgan fingerprint density at radius 3 is 0.486 bits per heavy atom. The third-order valence-electron chi connectivity index (χ3n) is 9.68. The lowest BCUT2D eigenvalue weighted by atomic mass is 10.1. The van der Waals surface area contributed by atoms with Crippen molar-refractivity contribution in [2.45, 2.75) is 0 Å². The van der Waals surface area contributed by atoms with Gasteiger partial charge in [-0.3, -0.25) is 0 Å². The molecular formula is C52H64O20. The van der Waals surface area contributed by atoms with Crippen LogP contribution in [-0.2, 0) is 56.8 Å². The van der Waals surface area contributed by atoms with Crippen LogP contribution in [-0.4, -0.2) is 182 Å². The largest absolute Gasteiger partial charge is 0.491 e. The molecule has 7 aliphatic heterocycles. The minimum atomic E-state index is -0.543. The van der Waals surface area contributed by atoms with Crippen molar-refractivity contribution >= 4 is 23.9 Å². The SMILES string of the molecule is O=C1OCCOCCOCCOc2ccc(cc2)OCCOCCOCCOC(=O)c2ccc(cc2)C(=O)OCCOCCOCCOc2ccc(cc2)OCCOCCOCCOC(=O)c2ccc1cc2. The minimum absolute atomic E-state index is 0.0501. The normalized spacial score (nSPS) is 18.3. The quantitative estimate of drug-likeness (QED) is 0.166. The highest BCUT2D eigenvalue weighted by Gasteiger charge is 2.13. The molecule has 0 amide bonds. The Balaban J connectivity index is 0.952. The van der Waals surface area contributed by atoms with Gasteiger partial charge < -0.3 is 75.8 Å². The first-order chi connectivity index (χ1) is 35.4. The van der Waals surface area contributed by atoms with Crippen LogP contribution in [0.15, 0.2) is 97.1 Å². The topological polar surface area (TPSA) is 216 Å². The van der Waals surface area contributed by atoms with Gasteiger partial charge in [-0.25, -0.2) is 19.2 Å². The van der Waals surface area contributed by atoms with Gasteiger partial charge >= 0.3 is 23.9 Å². The highest BCUT2D eigenvalue weighted by Crippen LogP contribution is 2.19. The smallest absolute Gasteiger partial charge is 0.338 e. The standard InChI is InChI=1S/C52H64O20/c53-49-41-1-2-42(4-3-41)50(54)70-38-30-62-22-18-58-26-34-66-46-13-15-48(16-14-46)68-36-28-60-20-24-64-32-40-72-52(56)44-7-5-43(6-8-44)51(55)71-39-31-63-23-19-59-27-35-67-47-11-9-45(10-12-47)65-33-25-57-17-21-61-29-37-69-49/h1-16H,17-40H2. The van der Waals surface area contributed by atoms with E-state index >= 15 is 0 Å². The number of rotatable bonds is 0. The molecule has 8 bridgehead atoms. The van der Waals surface area contributed by atoms with Crippen LogP contribution in [0, 0.1) is 0 Å². The van der Waals surface area contributed by atoms with Crippen molar-refractivity contribution in [3.63, 3.8) is 0 Å². The van der Waals surface area contributed by atoms with E-state index in [0.29, 0.717) is 129 Å². The van der Waals surface area contributed by atoms with Crippen LogP contribution in [0.5, 0.6) is 23.0 Å². The van der Waals surface area contributed by atoms with E-state index in [2.05, 4.69) is 0 Å². The predicted octanol–water partition coefficient (Wildman–Crippen LogP) is 5.08. The maximum atomic E-state index is 12.4. The zero-order valence-corrected chi connectivity index (χ0v) is 40.4. The third kappa shape index (κ3) is 24.2. The first-order valence-corrected chi connectivity index (χ1v) is 23.7. The number of hydrogen-bond acceptors (Lipinski definition) is 20. The van der Waals surface area contributed by atoms with Gasteiger partial charge in [-0.05, 0) is 97.1 Å². The average Bonchev–Trinajstić information content (AvgIpc) is 3.41. The summed E-state index contributed by atoms with van der Waals surface area (Å²) in [6, 6.07) is 26.3. The van der Waals surface area contributed by atoms with Crippen LogP contribution in [0.1, 0.15) is 41.4 Å². The Hall–Kier alpha value is -6.36. The van der Waals surface area contributed by atoms with Crippen LogP contribution in [0.4, 0.5) is 0 Å². The molecule has 20 nitrogen and oxygen atoms in total. The van der Waals surface area contributed by atoms with Crippen molar-refractivity contribution in [3.05, 3.63) is 119 Å². The summed E-state index contributed by atoms with van der Waals surface area (Å²) in [5, 5.41) is 0. The Kier molecular flexibility index (Phi) is 28.0. The van der Waals surface area contributed by atoms with Gasteiger partial charge in [0.1, 0.15) is 75.9 Å². The third-order valence-corrected chi connectivity index (χ3v) is 9.68. The molecule has 0 saturated heterocycles. The number of hydrogen-bond donors (Lipinski definition) is 0. The minimum Gasteiger partial charge on any atom is -0.491 e. The van der Waals surface area contributed by atoms with E-state index in [1.165, 1.54) is 48.5 Å². The lowest BCUT2D eigenvalue weighted by molar-refractivity contribution is 0.00997. The molecule has 0 radical (unpaired) electrons. The Labute approximate surface area is 418 Å². The number of esters is 4. The molecule has 0 aromatic heterocycles. The Bertz CT molecular complexity index is 1800. The van der Waals surface area contributed by atoms with E-state index in [0.717, 1.165) is 0 Å². The average molecular weight is 1010 g/mol. The van der Waals surface area contributed by atoms with Crippen LogP contribution in [0.3, 0.4) is 0 Å². The number of benzene rings is 4. The summed E-state index contributed by atoms with van der Waals surface area (Å²) in [6.07, 6.45) is 0. The van der Waals surface area contributed by atoms with Gasteiger partial charge in [0.15, 0.2) is 0 Å². The van der Waals surface area contributed by atoms with E-state index in [1.807, 2.05) is 0 Å². The molecule has 392 valence electrons. The summed E-state index contributed by atoms with van der Waals surface area (Å²) in [7, 11) is 0. The fourth-order valence-corrected chi connectivity index (χ4v) is 6.02. The Morgan fingerprint density at radius 1 is 0.181 bits per heavy atom. The lowest BCUT2D eigenvalue weighted by Crippen LogP contribution is -2.15. The van der Waals surface area contributed by atoms with E-state index in [4.69, 9.17) is 75.8 Å². The molecule has 7 aliphatic rings. The summed E-state index contributed by atoms with van der Waals surface area (Å²) in [6.45, 7) is 6.29. The van der Waals surface area contributed by atoms with Gasteiger partial charge in [-0.15, -0.1) is 0 Å². The molecule has 4 aromatic carbocycles. The number of carbonyl (C=O) groups excluding carboxylic acids is 4. The molecule has 0 spiro atoms. The van der Waals surface area contributed by atoms with E-state index in [9.17, 15) is 19.2 Å². The molecule has 0 fully saturated rings. The van der Waals surface area contributed by atoms with Crippen LogP contribution in [0.25, 0.3) is 0 Å². The number of ether oxygens (including phenoxy) is 16. The summed E-state index contributed by atoms with van der Waals surface area (Å²) in [4.78, 5) is 49.7. The van der Waals surface area contributed by atoms with Crippen molar-refractivity contribution in [2.24, 2.45) is 0 Å². The molecule has 20 heteroatoms. The molecule has 0 N–H and O–H groups in total. The van der Waals surface area contributed by atoms with Crippen molar-refractivity contribution in [3.8, 4) is 23.0 Å². The molecule has 0 aliphatic carbocycles. The fraction of sp³-hybridized carbons (Fsp3) is 0.462. The molecule has 11 rings (SSSR count). The maximum Gasteiger partial charge on any atom is 0.338 e. The van der Waals surface area contributed by atoms with Gasteiger partial charge in [0.2, 0.25) is 0 Å². The first kappa shape index (κ1) is 56.6. The highest BCUT2D eigenvalue weighted by atomic mass is 16.6. The first-order valence-electron chi connectivity index (χ1n) is 23.7. The van der Waals surface area contributed by atoms with Crippen molar-refractivity contribution in [1.82, 2.24) is 0 Å². The second kappa shape index (κ2) is 35.7. The van der Waals surface area contributed by atoms with E-state index < -0.39 is 23.9 Å². The molecule has 72 heavy (non-hydrogen) atoms. The molecule has 0 unspecified atom stereocenters. The van der Waals surface area contributed by atoms with Crippen LogP contribution >= 0.6 is 0 Å². The van der Waals surface area contributed by atoms with Crippen molar-refractivity contribution < 1.29 is 95.0 Å². The van der Waals surface area contributed by atoms with Gasteiger partial charge in [-0.2, -0.15) is 0 Å². The van der Waals surface area contributed by atoms with Crippen LogP contribution in [0.2, 0.25) is 0 Å². The molecular weight excluding hydrogens is 945 g/mol. The fourth-order valence-electron chi connectivity index (χ4n) is 6.02. The maximum absolute atomic E-state index is 12.4. The summed E-state index contributed by atoms with van der Waals surface area (Å²) < 4.78 is 88.1. The monoisotopic (exact) mass is 1010 g/mol. The summed E-state index contributed by atoms with van der Waals surface area (Å²) >= 11 is 0. The molecule has 0 saturated carbocycles. The zero-order valence-electron chi connectivity index (χ0n) is 40.4. The van der Waals surface area contributed by atoms with Gasteiger partial charge in [0.25, 0.3) is 0 Å². The Morgan fingerprint density at radius 2 is 0.319 bits per heavy atom. The van der Waals surface area contributed by atoms with Crippen molar-refractivity contribution in [2.75, 3.05) is 159 Å². The second-order valence-electron chi connectivity index (χ2n) is 14.9. The van der Waals surface area contributed by atoms with Crippen molar-refractivity contribution in [1.29, 1.82) is 0 Å². The molecule has 7 heterocycles. The predicted molar refractivity (Wildman–Crippen MR) is 255 cm³/mol. The van der Waals surface area contributed by atoms with Gasteiger partial charge in [-0.1, -0.05) is 0 Å². The van der Waals surface area contributed by atoms with Gasteiger partial charge in [0.05, 0.1) is 128 Å². The molecule has 4 aromatic rings. The van der Waals surface area contributed by atoms with Gasteiger partial charge in [0, 0.05) is 0 Å².